The summed E-state index contributed by atoms with van der Waals surface area (Å²) in [7, 11) is 2.15. The largest absolute Gasteiger partial charge is 0.465 e. The van der Waals surface area contributed by atoms with Crippen LogP contribution in [0.2, 0.25) is 0 Å². The summed E-state index contributed by atoms with van der Waals surface area (Å²) in [5.74, 6) is 0. The van der Waals surface area contributed by atoms with Crippen LogP contribution >= 0.6 is 0 Å². The van der Waals surface area contributed by atoms with E-state index in [2.05, 4.69) is 17.3 Å². The molecule has 0 radical (unpaired) electrons. The molecule has 0 unspecified atom stereocenters. The molecule has 0 saturated carbocycles. The van der Waals surface area contributed by atoms with Gasteiger partial charge in [-0.2, -0.15) is 0 Å². The van der Waals surface area contributed by atoms with Gasteiger partial charge >= 0.3 is 6.09 Å². The second-order valence-electron chi connectivity index (χ2n) is 4.17. The Kier molecular flexibility index (Phi) is 2.15. The van der Waals surface area contributed by atoms with Crippen molar-refractivity contribution in [1.82, 2.24) is 10.2 Å². The minimum absolute atomic E-state index is 0.186. The molecule has 2 fully saturated rings. The number of carbonyl (C=O) groups is 1. The van der Waals surface area contributed by atoms with Crippen molar-refractivity contribution in [3.8, 4) is 0 Å². The van der Waals surface area contributed by atoms with Crippen molar-refractivity contribution in [3.63, 3.8) is 0 Å². The molecule has 0 spiro atoms. The SMILES string of the molecule is CN1[C@@H]2CC[C@H]1C[C@@H](NC(=O)O)C2. The van der Waals surface area contributed by atoms with Crippen LogP contribution in [0.4, 0.5) is 4.79 Å². The van der Waals surface area contributed by atoms with E-state index in [0.717, 1.165) is 12.8 Å². The van der Waals surface area contributed by atoms with Crippen molar-refractivity contribution >= 4 is 6.09 Å². The molecular weight excluding hydrogens is 168 g/mol. The monoisotopic (exact) mass is 184 g/mol. The van der Waals surface area contributed by atoms with Gasteiger partial charge in [0.2, 0.25) is 0 Å². The van der Waals surface area contributed by atoms with Crippen molar-refractivity contribution in [2.24, 2.45) is 0 Å². The first-order valence-electron chi connectivity index (χ1n) is 4.88. The lowest BCUT2D eigenvalue weighted by atomic mass is 9.98. The van der Waals surface area contributed by atoms with Crippen LogP contribution in [-0.2, 0) is 0 Å². The maximum absolute atomic E-state index is 10.5. The van der Waals surface area contributed by atoms with Gasteiger partial charge in [-0.05, 0) is 32.7 Å². The van der Waals surface area contributed by atoms with Gasteiger partial charge < -0.3 is 15.3 Å². The minimum atomic E-state index is -0.881. The predicted octanol–water partition coefficient (Wildman–Crippen LogP) is 0.879. The van der Waals surface area contributed by atoms with Gasteiger partial charge in [0, 0.05) is 18.1 Å². The van der Waals surface area contributed by atoms with Gasteiger partial charge in [0.1, 0.15) is 0 Å². The zero-order valence-electron chi connectivity index (χ0n) is 7.86. The lowest BCUT2D eigenvalue weighted by molar-refractivity contribution is 0.139. The van der Waals surface area contributed by atoms with Crippen molar-refractivity contribution in [2.75, 3.05) is 7.05 Å². The van der Waals surface area contributed by atoms with Gasteiger partial charge in [0.05, 0.1) is 0 Å². The topological polar surface area (TPSA) is 52.6 Å². The van der Waals surface area contributed by atoms with Gasteiger partial charge in [0.15, 0.2) is 0 Å². The van der Waals surface area contributed by atoms with E-state index in [9.17, 15) is 4.79 Å². The highest BCUT2D eigenvalue weighted by atomic mass is 16.4. The molecule has 2 bridgehead atoms. The Morgan fingerprint density at radius 3 is 2.38 bits per heavy atom. The Labute approximate surface area is 77.9 Å². The molecule has 2 rings (SSSR count). The third-order valence-corrected chi connectivity index (χ3v) is 3.43. The number of rotatable bonds is 1. The van der Waals surface area contributed by atoms with Gasteiger partial charge in [-0.3, -0.25) is 0 Å². The molecule has 0 aliphatic carbocycles. The zero-order valence-corrected chi connectivity index (χ0v) is 7.86. The molecule has 2 aliphatic rings. The zero-order chi connectivity index (χ0) is 9.42. The normalized spacial score (nSPS) is 39.0. The smallest absolute Gasteiger partial charge is 0.404 e. The van der Waals surface area contributed by atoms with Crippen molar-refractivity contribution < 1.29 is 9.90 Å². The quantitative estimate of drug-likeness (QED) is 0.636. The number of amides is 1. The highest BCUT2D eigenvalue weighted by molar-refractivity contribution is 5.64. The summed E-state index contributed by atoms with van der Waals surface area (Å²) in [5.41, 5.74) is 0. The van der Waals surface area contributed by atoms with E-state index in [-0.39, 0.29) is 6.04 Å². The number of fused-ring (bicyclic) bond motifs is 2. The lowest BCUT2D eigenvalue weighted by Gasteiger charge is -2.36. The Hall–Kier alpha value is -0.770. The fourth-order valence-electron chi connectivity index (χ4n) is 2.70. The highest BCUT2D eigenvalue weighted by Crippen LogP contribution is 2.33. The van der Waals surface area contributed by atoms with E-state index in [1.165, 1.54) is 12.8 Å². The fourth-order valence-corrected chi connectivity index (χ4v) is 2.70. The lowest BCUT2D eigenvalue weighted by Crippen LogP contribution is -2.48. The fraction of sp³-hybridized carbons (Fsp3) is 0.889. The minimum Gasteiger partial charge on any atom is -0.465 e. The van der Waals surface area contributed by atoms with E-state index >= 15 is 0 Å². The first-order chi connectivity index (χ1) is 6.16. The molecule has 4 heteroatoms. The average molecular weight is 184 g/mol. The third-order valence-electron chi connectivity index (χ3n) is 3.43. The summed E-state index contributed by atoms with van der Waals surface area (Å²) in [6.07, 6.45) is 3.56. The van der Waals surface area contributed by atoms with Crippen LogP contribution in [0.15, 0.2) is 0 Å². The Bertz CT molecular complexity index is 206. The van der Waals surface area contributed by atoms with Gasteiger partial charge in [0.25, 0.3) is 0 Å². The van der Waals surface area contributed by atoms with E-state index in [4.69, 9.17) is 5.11 Å². The highest BCUT2D eigenvalue weighted by Gasteiger charge is 2.38. The maximum Gasteiger partial charge on any atom is 0.404 e. The van der Waals surface area contributed by atoms with Gasteiger partial charge in [-0.1, -0.05) is 0 Å². The number of hydrogen-bond donors (Lipinski definition) is 2. The summed E-state index contributed by atoms with van der Waals surface area (Å²) >= 11 is 0. The van der Waals surface area contributed by atoms with Crippen molar-refractivity contribution in [3.05, 3.63) is 0 Å². The van der Waals surface area contributed by atoms with E-state index in [1.54, 1.807) is 0 Å². The molecule has 13 heavy (non-hydrogen) atoms. The Morgan fingerprint density at radius 1 is 1.38 bits per heavy atom. The number of hydrogen-bond acceptors (Lipinski definition) is 2. The average Bonchev–Trinajstić information content (AvgIpc) is 2.33. The molecule has 1 amide bonds. The molecule has 2 saturated heterocycles. The van der Waals surface area contributed by atoms with E-state index < -0.39 is 6.09 Å². The van der Waals surface area contributed by atoms with Crippen LogP contribution in [0, 0.1) is 0 Å². The molecule has 4 nitrogen and oxygen atoms in total. The first-order valence-corrected chi connectivity index (χ1v) is 4.88. The van der Waals surface area contributed by atoms with Crippen molar-refractivity contribution in [1.29, 1.82) is 0 Å². The van der Waals surface area contributed by atoms with Gasteiger partial charge in [-0.25, -0.2) is 4.79 Å². The molecule has 2 N–H and O–H groups in total. The predicted molar refractivity (Wildman–Crippen MR) is 48.8 cm³/mol. The third kappa shape index (κ3) is 1.63. The maximum atomic E-state index is 10.5. The molecule has 2 heterocycles. The van der Waals surface area contributed by atoms with Crippen molar-refractivity contribution in [2.45, 2.75) is 43.8 Å². The first kappa shape index (κ1) is 8.81. The standard InChI is InChI=1S/C9H16N2O2/c1-11-7-2-3-8(11)5-6(4-7)10-9(12)13/h6-8,10H,2-5H2,1H3,(H,12,13)/t6-,7+,8-. The Morgan fingerprint density at radius 2 is 1.92 bits per heavy atom. The molecule has 2 aliphatic heterocycles. The molecule has 74 valence electrons. The van der Waals surface area contributed by atoms with Crippen LogP contribution in [0.1, 0.15) is 25.7 Å². The second-order valence-corrected chi connectivity index (χ2v) is 4.17. The van der Waals surface area contributed by atoms with Crippen LogP contribution in [0.25, 0.3) is 0 Å². The summed E-state index contributed by atoms with van der Waals surface area (Å²) in [5, 5.41) is 11.2. The number of piperidine rings is 1. The van der Waals surface area contributed by atoms with Crippen LogP contribution in [-0.4, -0.2) is 41.3 Å². The molecule has 3 atom stereocenters. The van der Waals surface area contributed by atoms with E-state index in [1.807, 2.05) is 0 Å². The van der Waals surface area contributed by atoms with Crippen LogP contribution < -0.4 is 5.32 Å². The summed E-state index contributed by atoms with van der Waals surface area (Å²) in [6.45, 7) is 0. The summed E-state index contributed by atoms with van der Waals surface area (Å²) in [6, 6.07) is 1.40. The number of nitrogens with one attached hydrogen (secondary N) is 1. The molecule has 0 aromatic heterocycles. The van der Waals surface area contributed by atoms with Crippen LogP contribution in [0.5, 0.6) is 0 Å². The second kappa shape index (κ2) is 3.18. The molecule has 0 aromatic rings. The number of carboxylic acid groups (broad SMARTS) is 1. The summed E-state index contributed by atoms with van der Waals surface area (Å²) < 4.78 is 0. The molecule has 0 aromatic carbocycles. The van der Waals surface area contributed by atoms with Gasteiger partial charge in [-0.15, -0.1) is 0 Å². The molecular formula is C9H16N2O2. The van der Waals surface area contributed by atoms with E-state index in [0.29, 0.717) is 12.1 Å². The number of nitrogens with zero attached hydrogens (tertiary/aromatic N) is 1. The Balaban J connectivity index is 1.95. The summed E-state index contributed by atoms with van der Waals surface area (Å²) in [4.78, 5) is 12.9. The van der Waals surface area contributed by atoms with Crippen LogP contribution in [0.3, 0.4) is 0 Å².